The number of benzene rings is 2. The number of halogens is 3. The first-order valence-electron chi connectivity index (χ1n) is 5.45. The van der Waals surface area contributed by atoms with E-state index in [1.807, 2.05) is 19.1 Å². The Morgan fingerprint density at radius 1 is 1.17 bits per heavy atom. The SMILES string of the molecule is Cc1cc(F)ccc1C(N)c1ccc(Br)cc1Cl. The standard InChI is InChI=1S/C14H12BrClFN/c1-8-6-10(17)3-5-11(8)14(18)12-4-2-9(15)7-13(12)16/h2-7,14H,18H2,1H3. The second-order valence-electron chi connectivity index (χ2n) is 4.14. The molecule has 2 N–H and O–H groups in total. The first-order valence-corrected chi connectivity index (χ1v) is 6.62. The van der Waals surface area contributed by atoms with E-state index in [2.05, 4.69) is 15.9 Å². The van der Waals surface area contributed by atoms with Crippen LogP contribution in [0.5, 0.6) is 0 Å². The van der Waals surface area contributed by atoms with Crippen molar-refractivity contribution in [3.05, 3.63) is 68.4 Å². The number of aryl methyl sites for hydroxylation is 1. The highest BCUT2D eigenvalue weighted by molar-refractivity contribution is 9.10. The predicted octanol–water partition coefficient (Wildman–Crippen LogP) is 4.60. The van der Waals surface area contributed by atoms with Gasteiger partial charge in [-0.1, -0.05) is 39.7 Å². The molecule has 1 nitrogen and oxygen atoms in total. The molecule has 94 valence electrons. The molecule has 0 heterocycles. The van der Waals surface area contributed by atoms with Crippen LogP contribution in [0.25, 0.3) is 0 Å². The lowest BCUT2D eigenvalue weighted by Crippen LogP contribution is -2.14. The molecule has 0 aliphatic rings. The van der Waals surface area contributed by atoms with Gasteiger partial charge in [-0.05, 0) is 47.9 Å². The Labute approximate surface area is 119 Å². The molecule has 0 aliphatic carbocycles. The summed E-state index contributed by atoms with van der Waals surface area (Å²) < 4.78 is 14.0. The monoisotopic (exact) mass is 327 g/mol. The van der Waals surface area contributed by atoms with E-state index in [1.165, 1.54) is 12.1 Å². The molecule has 2 rings (SSSR count). The van der Waals surface area contributed by atoms with Gasteiger partial charge in [0.05, 0.1) is 6.04 Å². The van der Waals surface area contributed by atoms with Crippen molar-refractivity contribution in [1.82, 2.24) is 0 Å². The van der Waals surface area contributed by atoms with E-state index in [0.717, 1.165) is 21.2 Å². The van der Waals surface area contributed by atoms with E-state index in [9.17, 15) is 4.39 Å². The number of hydrogen-bond acceptors (Lipinski definition) is 1. The average Bonchev–Trinajstić information content (AvgIpc) is 2.28. The molecule has 0 spiro atoms. The number of hydrogen-bond donors (Lipinski definition) is 1. The van der Waals surface area contributed by atoms with Gasteiger partial charge in [-0.15, -0.1) is 0 Å². The molecule has 1 unspecified atom stereocenters. The van der Waals surface area contributed by atoms with Crippen LogP contribution in [-0.2, 0) is 0 Å². The van der Waals surface area contributed by atoms with Gasteiger partial charge in [0.15, 0.2) is 0 Å². The summed E-state index contributed by atoms with van der Waals surface area (Å²) in [5.74, 6) is -0.259. The van der Waals surface area contributed by atoms with Crippen LogP contribution in [0.15, 0.2) is 40.9 Å². The molecular weight excluding hydrogens is 317 g/mol. The van der Waals surface area contributed by atoms with E-state index < -0.39 is 0 Å². The lowest BCUT2D eigenvalue weighted by Gasteiger charge is -2.16. The van der Waals surface area contributed by atoms with Crippen LogP contribution in [0.4, 0.5) is 4.39 Å². The van der Waals surface area contributed by atoms with Crippen LogP contribution < -0.4 is 5.73 Å². The summed E-state index contributed by atoms with van der Waals surface area (Å²) in [5.41, 5.74) is 8.72. The molecule has 0 saturated carbocycles. The van der Waals surface area contributed by atoms with Gasteiger partial charge >= 0.3 is 0 Å². The van der Waals surface area contributed by atoms with Crippen molar-refractivity contribution in [1.29, 1.82) is 0 Å². The Kier molecular flexibility index (Phi) is 4.05. The third-order valence-corrected chi connectivity index (χ3v) is 3.69. The van der Waals surface area contributed by atoms with Crippen molar-refractivity contribution in [2.45, 2.75) is 13.0 Å². The molecule has 4 heteroatoms. The second kappa shape index (κ2) is 5.39. The summed E-state index contributed by atoms with van der Waals surface area (Å²) in [7, 11) is 0. The highest BCUT2D eigenvalue weighted by atomic mass is 79.9. The Hall–Kier alpha value is -0.900. The van der Waals surface area contributed by atoms with Crippen molar-refractivity contribution in [3.8, 4) is 0 Å². The number of nitrogens with two attached hydrogens (primary N) is 1. The van der Waals surface area contributed by atoms with E-state index in [-0.39, 0.29) is 11.9 Å². The van der Waals surface area contributed by atoms with E-state index in [1.54, 1.807) is 12.1 Å². The Balaban J connectivity index is 2.44. The molecule has 2 aromatic rings. The number of rotatable bonds is 2. The third-order valence-electron chi connectivity index (χ3n) is 2.86. The topological polar surface area (TPSA) is 26.0 Å². The van der Waals surface area contributed by atoms with Crippen molar-refractivity contribution < 1.29 is 4.39 Å². The van der Waals surface area contributed by atoms with Gasteiger partial charge < -0.3 is 5.73 Å². The minimum atomic E-state index is -0.355. The predicted molar refractivity (Wildman–Crippen MR) is 76.3 cm³/mol. The average molecular weight is 329 g/mol. The molecule has 0 radical (unpaired) electrons. The lowest BCUT2D eigenvalue weighted by atomic mass is 9.96. The lowest BCUT2D eigenvalue weighted by molar-refractivity contribution is 0.624. The molecule has 0 bridgehead atoms. The van der Waals surface area contributed by atoms with Gasteiger partial charge in [-0.25, -0.2) is 4.39 Å². The van der Waals surface area contributed by atoms with Gasteiger partial charge in [-0.3, -0.25) is 0 Å². The van der Waals surface area contributed by atoms with Crippen LogP contribution in [0.1, 0.15) is 22.7 Å². The van der Waals surface area contributed by atoms with Gasteiger partial charge in [0.25, 0.3) is 0 Å². The Bertz CT molecular complexity index is 535. The zero-order chi connectivity index (χ0) is 13.3. The van der Waals surface area contributed by atoms with Crippen molar-refractivity contribution in [2.75, 3.05) is 0 Å². The fourth-order valence-electron chi connectivity index (χ4n) is 1.91. The van der Waals surface area contributed by atoms with Crippen LogP contribution in [0.3, 0.4) is 0 Å². The molecule has 0 amide bonds. The highest BCUT2D eigenvalue weighted by Gasteiger charge is 2.15. The first kappa shape index (κ1) is 13.5. The minimum Gasteiger partial charge on any atom is -0.320 e. The summed E-state index contributed by atoms with van der Waals surface area (Å²) in [6, 6.07) is 9.80. The van der Waals surface area contributed by atoms with Crippen LogP contribution in [0.2, 0.25) is 5.02 Å². The zero-order valence-corrected chi connectivity index (χ0v) is 12.1. The normalized spacial score (nSPS) is 12.5. The van der Waals surface area contributed by atoms with Crippen LogP contribution in [-0.4, -0.2) is 0 Å². The summed E-state index contributed by atoms with van der Waals surface area (Å²) in [6.07, 6.45) is 0. The smallest absolute Gasteiger partial charge is 0.123 e. The van der Waals surface area contributed by atoms with Crippen LogP contribution in [0, 0.1) is 12.7 Å². The Morgan fingerprint density at radius 3 is 2.44 bits per heavy atom. The molecule has 0 saturated heterocycles. The highest BCUT2D eigenvalue weighted by Crippen LogP contribution is 2.30. The molecule has 1 atom stereocenters. The molecule has 0 aliphatic heterocycles. The fourth-order valence-corrected chi connectivity index (χ4v) is 2.70. The summed E-state index contributed by atoms with van der Waals surface area (Å²) >= 11 is 9.52. The maximum Gasteiger partial charge on any atom is 0.123 e. The molecule has 0 fully saturated rings. The van der Waals surface area contributed by atoms with E-state index in [4.69, 9.17) is 17.3 Å². The van der Waals surface area contributed by atoms with Gasteiger partial charge in [0.1, 0.15) is 5.82 Å². The minimum absolute atomic E-state index is 0.259. The van der Waals surface area contributed by atoms with Gasteiger partial charge in [-0.2, -0.15) is 0 Å². The van der Waals surface area contributed by atoms with Crippen molar-refractivity contribution in [3.63, 3.8) is 0 Å². The summed E-state index contributed by atoms with van der Waals surface area (Å²) in [6.45, 7) is 1.84. The van der Waals surface area contributed by atoms with Gasteiger partial charge in [0, 0.05) is 9.50 Å². The van der Waals surface area contributed by atoms with Gasteiger partial charge in [0.2, 0.25) is 0 Å². The van der Waals surface area contributed by atoms with Crippen molar-refractivity contribution in [2.24, 2.45) is 5.73 Å². The zero-order valence-electron chi connectivity index (χ0n) is 9.75. The third kappa shape index (κ3) is 2.74. The summed E-state index contributed by atoms with van der Waals surface area (Å²) in [4.78, 5) is 0. The van der Waals surface area contributed by atoms with E-state index >= 15 is 0 Å². The maximum atomic E-state index is 13.1. The molecule has 0 aromatic heterocycles. The first-order chi connectivity index (χ1) is 8.49. The fraction of sp³-hybridized carbons (Fsp3) is 0.143. The summed E-state index contributed by atoms with van der Waals surface area (Å²) in [5, 5.41) is 0.598. The second-order valence-corrected chi connectivity index (χ2v) is 5.47. The molecular formula is C14H12BrClFN. The van der Waals surface area contributed by atoms with Crippen LogP contribution >= 0.6 is 27.5 Å². The molecule has 2 aromatic carbocycles. The quantitative estimate of drug-likeness (QED) is 0.856. The molecule has 18 heavy (non-hydrogen) atoms. The largest absolute Gasteiger partial charge is 0.320 e. The van der Waals surface area contributed by atoms with E-state index in [0.29, 0.717) is 5.02 Å². The Morgan fingerprint density at radius 2 is 1.83 bits per heavy atom. The van der Waals surface area contributed by atoms with Crippen molar-refractivity contribution >= 4 is 27.5 Å². The maximum absolute atomic E-state index is 13.1.